The van der Waals surface area contributed by atoms with Gasteiger partial charge in [0.15, 0.2) is 0 Å². The van der Waals surface area contributed by atoms with Crippen molar-refractivity contribution in [1.29, 1.82) is 0 Å². The van der Waals surface area contributed by atoms with Gasteiger partial charge in [0.25, 0.3) is 0 Å². The maximum atomic E-state index is 4.37. The average Bonchev–Trinajstić information content (AvgIpc) is 2.40. The van der Waals surface area contributed by atoms with Crippen molar-refractivity contribution in [2.75, 3.05) is 0 Å². The topological polar surface area (TPSA) is 0 Å². The molecule has 1 aliphatic rings. The van der Waals surface area contributed by atoms with Crippen molar-refractivity contribution in [3.05, 3.63) is 47.1 Å². The van der Waals surface area contributed by atoms with Crippen molar-refractivity contribution in [2.24, 2.45) is 17.8 Å². The standard InChI is InChI=1S/C21H34/c1-14(2)21-13-16(4)11-9-10-15(3)12-17(5)18(6)19(7)20(21)8/h12,15-16,19H,1,6,9-11,13H2,2-5,7-8H3. The second kappa shape index (κ2) is 7.82. The molecular formula is C21H34. The van der Waals surface area contributed by atoms with Gasteiger partial charge in [-0.1, -0.05) is 69.6 Å². The van der Waals surface area contributed by atoms with Gasteiger partial charge in [0, 0.05) is 5.92 Å². The van der Waals surface area contributed by atoms with Crippen LogP contribution in [0.25, 0.3) is 0 Å². The fraction of sp³-hybridized carbons (Fsp3) is 0.619. The van der Waals surface area contributed by atoms with Crippen LogP contribution >= 0.6 is 0 Å². The molecule has 21 heavy (non-hydrogen) atoms. The van der Waals surface area contributed by atoms with Crippen LogP contribution in [-0.2, 0) is 0 Å². The Bertz CT molecular complexity index is 458. The van der Waals surface area contributed by atoms with E-state index in [9.17, 15) is 0 Å². The van der Waals surface area contributed by atoms with Gasteiger partial charge in [-0.05, 0) is 56.6 Å². The quantitative estimate of drug-likeness (QED) is 0.493. The molecule has 0 aromatic rings. The van der Waals surface area contributed by atoms with E-state index >= 15 is 0 Å². The molecule has 0 fully saturated rings. The molecule has 0 heterocycles. The Morgan fingerprint density at radius 3 is 2.33 bits per heavy atom. The zero-order chi connectivity index (χ0) is 16.2. The highest BCUT2D eigenvalue weighted by Gasteiger charge is 2.18. The Morgan fingerprint density at radius 1 is 1.14 bits per heavy atom. The average molecular weight is 287 g/mol. The Balaban J connectivity index is 3.22. The van der Waals surface area contributed by atoms with Crippen molar-refractivity contribution < 1.29 is 0 Å². The summed E-state index contributed by atoms with van der Waals surface area (Å²) in [5.41, 5.74) is 6.79. The first-order chi connectivity index (χ1) is 9.73. The van der Waals surface area contributed by atoms with Crippen LogP contribution in [0, 0.1) is 17.8 Å². The van der Waals surface area contributed by atoms with Gasteiger partial charge in [-0.2, -0.15) is 0 Å². The van der Waals surface area contributed by atoms with Gasteiger partial charge in [-0.15, -0.1) is 0 Å². The Kier molecular flexibility index (Phi) is 6.71. The lowest BCUT2D eigenvalue weighted by atomic mass is 9.81. The molecule has 0 saturated heterocycles. The fourth-order valence-electron chi connectivity index (χ4n) is 3.39. The summed E-state index contributed by atoms with van der Waals surface area (Å²) in [4.78, 5) is 0. The molecular weight excluding hydrogens is 252 g/mol. The van der Waals surface area contributed by atoms with Crippen LogP contribution < -0.4 is 0 Å². The zero-order valence-corrected chi connectivity index (χ0v) is 15.1. The molecule has 1 rings (SSSR count). The predicted molar refractivity (Wildman–Crippen MR) is 96.4 cm³/mol. The lowest BCUT2D eigenvalue weighted by Crippen LogP contribution is -2.09. The van der Waals surface area contributed by atoms with Crippen LogP contribution in [0.1, 0.15) is 67.2 Å². The normalized spacial score (nSPS) is 29.5. The van der Waals surface area contributed by atoms with E-state index in [0.717, 1.165) is 12.3 Å². The van der Waals surface area contributed by atoms with Crippen LogP contribution in [-0.4, -0.2) is 0 Å². The molecule has 0 spiro atoms. The molecule has 0 aliphatic heterocycles. The van der Waals surface area contributed by atoms with E-state index in [1.54, 1.807) is 0 Å². The minimum atomic E-state index is 0.409. The SMILES string of the molecule is C=C(C)C1=C(C)C(C)C(=C)C(C)=CC(C)CCCC(C)C1. The summed E-state index contributed by atoms with van der Waals surface area (Å²) >= 11 is 0. The van der Waals surface area contributed by atoms with Crippen LogP contribution in [0.15, 0.2) is 47.1 Å². The largest absolute Gasteiger partial charge is 0.0958 e. The molecule has 0 nitrogen and oxygen atoms in total. The van der Waals surface area contributed by atoms with Crippen molar-refractivity contribution in [3.8, 4) is 0 Å². The lowest BCUT2D eigenvalue weighted by Gasteiger charge is -2.25. The summed E-state index contributed by atoms with van der Waals surface area (Å²) in [7, 11) is 0. The highest BCUT2D eigenvalue weighted by atomic mass is 14.2. The summed E-state index contributed by atoms with van der Waals surface area (Å²) in [5, 5.41) is 0. The van der Waals surface area contributed by atoms with Crippen LogP contribution in [0.2, 0.25) is 0 Å². The van der Waals surface area contributed by atoms with Gasteiger partial charge < -0.3 is 0 Å². The van der Waals surface area contributed by atoms with Gasteiger partial charge in [-0.25, -0.2) is 0 Å². The summed E-state index contributed by atoms with van der Waals surface area (Å²) < 4.78 is 0. The smallest absolute Gasteiger partial charge is 0.00196 e. The van der Waals surface area contributed by atoms with Crippen LogP contribution in [0.3, 0.4) is 0 Å². The van der Waals surface area contributed by atoms with E-state index in [2.05, 4.69) is 60.8 Å². The van der Waals surface area contributed by atoms with Crippen molar-refractivity contribution in [1.82, 2.24) is 0 Å². The number of allylic oxidation sites excluding steroid dienone is 6. The predicted octanol–water partition coefficient (Wildman–Crippen LogP) is 6.86. The second-order valence-corrected chi connectivity index (χ2v) is 7.26. The molecule has 0 amide bonds. The van der Waals surface area contributed by atoms with Gasteiger partial charge in [0.2, 0.25) is 0 Å². The summed E-state index contributed by atoms with van der Waals surface area (Å²) in [6.07, 6.45) is 7.50. The highest BCUT2D eigenvalue weighted by molar-refractivity contribution is 5.40. The maximum absolute atomic E-state index is 4.37. The van der Waals surface area contributed by atoms with E-state index in [0.29, 0.717) is 11.8 Å². The first-order valence-corrected chi connectivity index (χ1v) is 8.47. The molecule has 0 aromatic carbocycles. The van der Waals surface area contributed by atoms with Crippen molar-refractivity contribution >= 4 is 0 Å². The van der Waals surface area contributed by atoms with Gasteiger partial charge in [0.1, 0.15) is 0 Å². The molecule has 0 radical (unpaired) electrons. The van der Waals surface area contributed by atoms with Gasteiger partial charge in [0.05, 0.1) is 0 Å². The summed E-state index contributed by atoms with van der Waals surface area (Å²) in [5.74, 6) is 1.81. The first kappa shape index (κ1) is 18.0. The zero-order valence-electron chi connectivity index (χ0n) is 15.1. The van der Waals surface area contributed by atoms with E-state index < -0.39 is 0 Å². The molecule has 0 aromatic heterocycles. The second-order valence-electron chi connectivity index (χ2n) is 7.26. The van der Waals surface area contributed by atoms with E-state index in [4.69, 9.17) is 0 Å². The minimum absolute atomic E-state index is 0.409. The van der Waals surface area contributed by atoms with E-state index in [1.807, 2.05) is 0 Å². The lowest BCUT2D eigenvalue weighted by molar-refractivity contribution is 0.467. The highest BCUT2D eigenvalue weighted by Crippen LogP contribution is 2.34. The molecule has 0 bridgehead atoms. The molecule has 0 saturated carbocycles. The minimum Gasteiger partial charge on any atom is -0.0958 e. The van der Waals surface area contributed by atoms with Crippen molar-refractivity contribution in [2.45, 2.75) is 67.2 Å². The van der Waals surface area contributed by atoms with Crippen LogP contribution in [0.4, 0.5) is 0 Å². The van der Waals surface area contributed by atoms with Crippen LogP contribution in [0.5, 0.6) is 0 Å². The molecule has 3 atom stereocenters. The first-order valence-electron chi connectivity index (χ1n) is 8.47. The Morgan fingerprint density at radius 2 is 1.76 bits per heavy atom. The third-order valence-electron chi connectivity index (χ3n) is 5.11. The molecule has 118 valence electrons. The fourth-order valence-corrected chi connectivity index (χ4v) is 3.39. The summed E-state index contributed by atoms with van der Waals surface area (Å²) in [6, 6.07) is 0. The molecule has 0 N–H and O–H groups in total. The van der Waals surface area contributed by atoms with Gasteiger partial charge >= 0.3 is 0 Å². The number of hydrogen-bond acceptors (Lipinski definition) is 0. The maximum Gasteiger partial charge on any atom is 0.00196 e. The Labute approximate surface area is 132 Å². The Hall–Kier alpha value is -1.04. The molecule has 1 aliphatic carbocycles. The van der Waals surface area contributed by atoms with Crippen molar-refractivity contribution in [3.63, 3.8) is 0 Å². The molecule has 3 unspecified atom stereocenters. The molecule has 0 heteroatoms. The number of rotatable bonds is 1. The van der Waals surface area contributed by atoms with E-state index in [-0.39, 0.29) is 0 Å². The van der Waals surface area contributed by atoms with Gasteiger partial charge in [-0.3, -0.25) is 0 Å². The van der Waals surface area contributed by atoms with E-state index in [1.165, 1.54) is 47.1 Å². The number of hydrogen-bond donors (Lipinski definition) is 0. The third-order valence-corrected chi connectivity index (χ3v) is 5.11. The third kappa shape index (κ3) is 5.02. The summed E-state index contributed by atoms with van der Waals surface area (Å²) in [6.45, 7) is 22.2. The monoisotopic (exact) mass is 286 g/mol.